The molecule has 1 aliphatic carbocycles. The molecule has 5 heteroatoms. The van der Waals surface area contributed by atoms with Crippen LogP contribution in [0.5, 0.6) is 0 Å². The van der Waals surface area contributed by atoms with Crippen LogP contribution in [0, 0.1) is 5.92 Å². The minimum absolute atomic E-state index is 0.390. The maximum Gasteiger partial charge on any atom is 0.206 e. The molecule has 2 fully saturated rings. The molecule has 0 aromatic rings. The van der Waals surface area contributed by atoms with Gasteiger partial charge in [-0.05, 0) is 38.8 Å². The molecule has 1 heterocycles. The van der Waals surface area contributed by atoms with Crippen molar-refractivity contribution in [3.8, 4) is 0 Å². The van der Waals surface area contributed by atoms with Crippen molar-refractivity contribution < 1.29 is 0 Å². The second-order valence-electron chi connectivity index (χ2n) is 5.84. The van der Waals surface area contributed by atoms with Gasteiger partial charge in [-0.1, -0.05) is 19.8 Å². The van der Waals surface area contributed by atoms with Gasteiger partial charge < -0.3 is 10.2 Å². The summed E-state index contributed by atoms with van der Waals surface area (Å²) in [5.74, 6) is 6.96. The van der Waals surface area contributed by atoms with Crippen molar-refractivity contribution in [3.63, 3.8) is 0 Å². The third-order valence-electron chi connectivity index (χ3n) is 4.19. The summed E-state index contributed by atoms with van der Waals surface area (Å²) in [6.45, 7) is 4.52. The monoisotopic (exact) mass is 253 g/mol. The highest BCUT2D eigenvalue weighted by atomic mass is 15.3. The number of nitrogens with two attached hydrogens (primary N) is 1. The first-order valence-electron chi connectivity index (χ1n) is 7.18. The van der Waals surface area contributed by atoms with Gasteiger partial charge in [0.1, 0.15) is 0 Å². The molecule has 1 saturated carbocycles. The third kappa shape index (κ3) is 3.59. The largest absolute Gasteiger partial charge is 0.353 e. The molecule has 4 N–H and O–H groups in total. The van der Waals surface area contributed by atoms with E-state index in [1.807, 2.05) is 0 Å². The maximum absolute atomic E-state index is 5.59. The Hall–Kier alpha value is -0.810. The molecule has 5 nitrogen and oxygen atoms in total. The number of guanidine groups is 1. The van der Waals surface area contributed by atoms with Crippen LogP contribution in [-0.4, -0.2) is 43.1 Å². The normalized spacial score (nSPS) is 31.6. The number of hydrogen-bond acceptors (Lipinski definition) is 3. The second kappa shape index (κ2) is 6.38. The molecule has 104 valence electrons. The molecule has 2 unspecified atom stereocenters. The molecule has 0 aromatic heterocycles. The number of rotatable bonds is 2. The molecule has 18 heavy (non-hydrogen) atoms. The summed E-state index contributed by atoms with van der Waals surface area (Å²) in [5.41, 5.74) is 2.73. The number of hydrogen-bond donors (Lipinski definition) is 3. The van der Waals surface area contributed by atoms with Crippen molar-refractivity contribution in [1.29, 1.82) is 0 Å². The van der Waals surface area contributed by atoms with Gasteiger partial charge in [0, 0.05) is 12.6 Å². The van der Waals surface area contributed by atoms with E-state index in [1.54, 1.807) is 0 Å². The van der Waals surface area contributed by atoms with E-state index in [9.17, 15) is 0 Å². The van der Waals surface area contributed by atoms with E-state index in [0.717, 1.165) is 25.5 Å². The quantitative estimate of drug-likeness (QED) is 0.293. The first-order chi connectivity index (χ1) is 8.69. The van der Waals surface area contributed by atoms with E-state index < -0.39 is 0 Å². The minimum atomic E-state index is 0.390. The molecular formula is C13H27N5. The summed E-state index contributed by atoms with van der Waals surface area (Å²) in [4.78, 5) is 7.15. The fourth-order valence-corrected chi connectivity index (χ4v) is 3.08. The lowest BCUT2D eigenvalue weighted by Crippen LogP contribution is -2.48. The van der Waals surface area contributed by atoms with Crippen molar-refractivity contribution in [1.82, 2.24) is 15.6 Å². The first-order valence-corrected chi connectivity index (χ1v) is 7.18. The summed E-state index contributed by atoms with van der Waals surface area (Å²) < 4.78 is 0. The zero-order chi connectivity index (χ0) is 13.0. The van der Waals surface area contributed by atoms with Crippen molar-refractivity contribution in [2.75, 3.05) is 20.1 Å². The lowest BCUT2D eigenvalue weighted by Gasteiger charge is -2.33. The SMILES string of the molecule is CC1CN(C)CCC1N=C(NN)NC1CCCC1. The summed E-state index contributed by atoms with van der Waals surface area (Å²) in [5, 5.41) is 3.44. The molecule has 0 spiro atoms. The van der Waals surface area contributed by atoms with E-state index in [4.69, 9.17) is 10.8 Å². The number of nitrogens with one attached hydrogen (secondary N) is 2. The van der Waals surface area contributed by atoms with Crippen LogP contribution in [-0.2, 0) is 0 Å². The molecule has 2 aliphatic rings. The highest BCUT2D eigenvalue weighted by Gasteiger charge is 2.24. The van der Waals surface area contributed by atoms with Gasteiger partial charge in [-0.3, -0.25) is 5.43 Å². The van der Waals surface area contributed by atoms with Gasteiger partial charge in [-0.2, -0.15) is 0 Å². The Bertz CT molecular complexity index is 285. The van der Waals surface area contributed by atoms with Crippen molar-refractivity contribution >= 4 is 5.96 Å². The molecule has 1 aliphatic heterocycles. The predicted octanol–water partition coefficient (Wildman–Crippen LogP) is 0.678. The van der Waals surface area contributed by atoms with Gasteiger partial charge in [0.2, 0.25) is 5.96 Å². The van der Waals surface area contributed by atoms with E-state index in [2.05, 4.69) is 29.6 Å². The summed E-state index contributed by atoms with van der Waals surface area (Å²) in [7, 11) is 2.18. The zero-order valence-corrected chi connectivity index (χ0v) is 11.7. The number of piperidine rings is 1. The Morgan fingerprint density at radius 2 is 2.00 bits per heavy atom. The van der Waals surface area contributed by atoms with Gasteiger partial charge in [-0.15, -0.1) is 0 Å². The summed E-state index contributed by atoms with van der Waals surface area (Å²) in [6.07, 6.45) is 6.24. The summed E-state index contributed by atoms with van der Waals surface area (Å²) >= 11 is 0. The molecule has 2 atom stereocenters. The number of aliphatic imine (C=N–C) groups is 1. The predicted molar refractivity (Wildman–Crippen MR) is 75.2 cm³/mol. The van der Waals surface area contributed by atoms with Crippen LogP contribution in [0.2, 0.25) is 0 Å². The molecule has 2 rings (SSSR count). The Morgan fingerprint density at radius 3 is 2.61 bits per heavy atom. The Kier molecular flexibility index (Phi) is 4.83. The van der Waals surface area contributed by atoms with E-state index in [1.165, 1.54) is 25.7 Å². The van der Waals surface area contributed by atoms with Crippen molar-refractivity contribution in [2.45, 2.75) is 51.1 Å². The Morgan fingerprint density at radius 1 is 1.28 bits per heavy atom. The lowest BCUT2D eigenvalue weighted by molar-refractivity contribution is 0.198. The van der Waals surface area contributed by atoms with Crippen molar-refractivity contribution in [2.24, 2.45) is 16.8 Å². The van der Waals surface area contributed by atoms with E-state index in [0.29, 0.717) is 18.0 Å². The smallest absolute Gasteiger partial charge is 0.206 e. The van der Waals surface area contributed by atoms with Crippen molar-refractivity contribution in [3.05, 3.63) is 0 Å². The zero-order valence-electron chi connectivity index (χ0n) is 11.7. The van der Waals surface area contributed by atoms with Crippen LogP contribution < -0.4 is 16.6 Å². The minimum Gasteiger partial charge on any atom is -0.353 e. The van der Waals surface area contributed by atoms with Gasteiger partial charge in [0.15, 0.2) is 0 Å². The van der Waals surface area contributed by atoms with E-state index >= 15 is 0 Å². The molecule has 0 aromatic carbocycles. The maximum atomic E-state index is 5.59. The third-order valence-corrected chi connectivity index (χ3v) is 4.19. The molecule has 1 saturated heterocycles. The van der Waals surface area contributed by atoms with Crippen LogP contribution in [0.25, 0.3) is 0 Å². The molecule has 0 radical (unpaired) electrons. The fraction of sp³-hybridized carbons (Fsp3) is 0.923. The van der Waals surface area contributed by atoms with Crippen LogP contribution in [0.1, 0.15) is 39.0 Å². The number of nitrogens with zero attached hydrogens (tertiary/aromatic N) is 2. The highest BCUT2D eigenvalue weighted by molar-refractivity contribution is 5.79. The van der Waals surface area contributed by atoms with E-state index in [-0.39, 0.29) is 0 Å². The Balaban J connectivity index is 1.91. The summed E-state index contributed by atoms with van der Waals surface area (Å²) in [6, 6.07) is 0.947. The van der Waals surface area contributed by atoms with Gasteiger partial charge in [-0.25, -0.2) is 10.8 Å². The van der Waals surface area contributed by atoms with Gasteiger partial charge >= 0.3 is 0 Å². The van der Waals surface area contributed by atoms with Crippen LogP contribution in [0.4, 0.5) is 0 Å². The van der Waals surface area contributed by atoms with Crippen LogP contribution in [0.3, 0.4) is 0 Å². The molecular weight excluding hydrogens is 226 g/mol. The fourth-order valence-electron chi connectivity index (χ4n) is 3.08. The molecule has 0 amide bonds. The average Bonchev–Trinajstić information content (AvgIpc) is 2.84. The van der Waals surface area contributed by atoms with Gasteiger partial charge in [0.05, 0.1) is 6.04 Å². The Labute approximate surface area is 110 Å². The number of hydrazine groups is 1. The molecule has 0 bridgehead atoms. The number of likely N-dealkylation sites (tertiary alicyclic amines) is 1. The average molecular weight is 253 g/mol. The topological polar surface area (TPSA) is 65.7 Å². The second-order valence-corrected chi connectivity index (χ2v) is 5.84. The highest BCUT2D eigenvalue weighted by Crippen LogP contribution is 2.20. The standard InChI is InChI=1S/C13H27N5/c1-10-9-18(2)8-7-12(10)16-13(17-14)15-11-5-3-4-6-11/h10-12H,3-9,14H2,1-2H3,(H2,15,16,17). The lowest BCUT2D eigenvalue weighted by atomic mass is 9.95. The van der Waals surface area contributed by atoms with Crippen LogP contribution >= 0.6 is 0 Å². The van der Waals surface area contributed by atoms with Gasteiger partial charge in [0.25, 0.3) is 0 Å². The first kappa shape index (κ1) is 13.6. The van der Waals surface area contributed by atoms with Crippen LogP contribution in [0.15, 0.2) is 4.99 Å².